The minimum absolute atomic E-state index is 0.0113. The van der Waals surface area contributed by atoms with Crippen LogP contribution in [0.2, 0.25) is 0 Å². The second kappa shape index (κ2) is 9.22. The van der Waals surface area contributed by atoms with E-state index in [4.69, 9.17) is 33.2 Å². The molecule has 0 saturated heterocycles. The minimum atomic E-state index is -0.639. The third-order valence-electron chi connectivity index (χ3n) is 5.27. The molecule has 174 valence electrons. The van der Waals surface area contributed by atoms with Crippen LogP contribution in [0, 0.1) is 0 Å². The van der Waals surface area contributed by atoms with E-state index in [2.05, 4.69) is 0 Å². The Balaban J connectivity index is 1.25. The fourth-order valence-corrected chi connectivity index (χ4v) is 3.51. The molecule has 5 rings (SSSR count). The van der Waals surface area contributed by atoms with Crippen molar-refractivity contribution in [1.82, 2.24) is 0 Å². The Kier molecular flexibility index (Phi) is 5.82. The van der Waals surface area contributed by atoms with Crippen molar-refractivity contribution in [3.63, 3.8) is 0 Å². The van der Waals surface area contributed by atoms with Crippen LogP contribution >= 0.6 is 0 Å². The first kappa shape index (κ1) is 21.4. The Bertz CT molecular complexity index is 1250. The molecule has 2 aliphatic heterocycles. The van der Waals surface area contributed by atoms with Gasteiger partial charge in [-0.25, -0.2) is 9.59 Å². The van der Waals surface area contributed by atoms with Crippen molar-refractivity contribution < 1.29 is 42.7 Å². The first-order valence-corrected chi connectivity index (χ1v) is 10.4. The Hall–Kier alpha value is -4.40. The maximum Gasteiger partial charge on any atom is 0.342 e. The van der Waals surface area contributed by atoms with Gasteiger partial charge in [-0.15, -0.1) is 0 Å². The molecule has 0 unspecified atom stereocenters. The number of hydrogen-bond acceptors (Lipinski definition) is 9. The number of carbonyl (C=O) groups is 2. The summed E-state index contributed by atoms with van der Waals surface area (Å²) in [6.45, 7) is 0.369. The van der Waals surface area contributed by atoms with Crippen LogP contribution in [0.15, 0.2) is 54.6 Å². The molecular weight excluding hydrogens is 444 g/mol. The van der Waals surface area contributed by atoms with Crippen molar-refractivity contribution in [3.05, 3.63) is 76.9 Å². The Morgan fingerprint density at radius 3 is 1.85 bits per heavy atom. The third-order valence-corrected chi connectivity index (χ3v) is 5.27. The van der Waals surface area contributed by atoms with E-state index in [1.807, 2.05) is 0 Å². The van der Waals surface area contributed by atoms with Gasteiger partial charge >= 0.3 is 11.9 Å². The van der Waals surface area contributed by atoms with Gasteiger partial charge in [-0.1, -0.05) is 12.1 Å². The molecule has 0 aliphatic carbocycles. The number of rotatable bonds is 7. The van der Waals surface area contributed by atoms with Gasteiger partial charge in [0.2, 0.25) is 13.6 Å². The molecule has 2 heterocycles. The molecule has 9 heteroatoms. The lowest BCUT2D eigenvalue weighted by molar-refractivity contribution is 0.0467. The average Bonchev–Trinajstić information content (AvgIpc) is 3.54. The topological polar surface area (TPSA) is 98.8 Å². The first-order chi connectivity index (χ1) is 16.6. The van der Waals surface area contributed by atoms with Crippen LogP contribution in [-0.4, -0.2) is 32.6 Å². The number of esters is 2. The standard InChI is InChI=1S/C25H20O9/c1-28-19-7-4-17(24(26)29-11-15-2-5-20-22(8-15)33-13-31-20)10-18(19)25(27)30-12-16-3-6-21-23(9-16)34-14-32-21/h2-10H,11-14H2,1H3. The molecule has 0 N–H and O–H groups in total. The van der Waals surface area contributed by atoms with Crippen molar-refractivity contribution in [1.29, 1.82) is 0 Å². The molecule has 2 aliphatic rings. The van der Waals surface area contributed by atoms with Crippen molar-refractivity contribution in [2.24, 2.45) is 0 Å². The maximum atomic E-state index is 12.8. The lowest BCUT2D eigenvalue weighted by atomic mass is 10.1. The summed E-state index contributed by atoms with van der Waals surface area (Å²) in [6.07, 6.45) is 0. The van der Waals surface area contributed by atoms with Crippen LogP contribution in [0.3, 0.4) is 0 Å². The van der Waals surface area contributed by atoms with Crippen LogP contribution < -0.4 is 23.7 Å². The molecule has 0 bridgehead atoms. The molecule has 9 nitrogen and oxygen atoms in total. The largest absolute Gasteiger partial charge is 0.496 e. The normalized spacial score (nSPS) is 12.9. The van der Waals surface area contributed by atoms with Crippen LogP contribution in [0.5, 0.6) is 28.7 Å². The van der Waals surface area contributed by atoms with E-state index in [1.165, 1.54) is 25.3 Å². The third kappa shape index (κ3) is 4.40. The summed E-state index contributed by atoms with van der Waals surface area (Å²) in [7, 11) is 1.43. The molecule has 0 saturated carbocycles. The van der Waals surface area contributed by atoms with Gasteiger partial charge in [0, 0.05) is 0 Å². The summed E-state index contributed by atoms with van der Waals surface area (Å²) >= 11 is 0. The number of benzene rings is 3. The van der Waals surface area contributed by atoms with Crippen molar-refractivity contribution >= 4 is 11.9 Å². The van der Waals surface area contributed by atoms with Gasteiger partial charge in [-0.3, -0.25) is 0 Å². The first-order valence-electron chi connectivity index (χ1n) is 10.4. The van der Waals surface area contributed by atoms with E-state index in [0.717, 1.165) is 11.1 Å². The number of ether oxygens (including phenoxy) is 7. The molecule has 0 amide bonds. The SMILES string of the molecule is COc1ccc(C(=O)OCc2ccc3c(c2)OCO3)cc1C(=O)OCc1ccc2c(c1)OCO2. The monoisotopic (exact) mass is 464 g/mol. The molecule has 0 radical (unpaired) electrons. The number of hydrogen-bond donors (Lipinski definition) is 0. The summed E-state index contributed by atoms with van der Waals surface area (Å²) < 4.78 is 37.3. The zero-order chi connectivity index (χ0) is 23.5. The quantitative estimate of drug-likeness (QED) is 0.483. The van der Waals surface area contributed by atoms with Gasteiger partial charge < -0.3 is 33.2 Å². The fourth-order valence-electron chi connectivity index (χ4n) is 3.51. The predicted molar refractivity (Wildman–Crippen MR) is 116 cm³/mol. The zero-order valence-corrected chi connectivity index (χ0v) is 18.2. The van der Waals surface area contributed by atoms with E-state index in [1.54, 1.807) is 36.4 Å². The van der Waals surface area contributed by atoms with Gasteiger partial charge in [0.05, 0.1) is 12.7 Å². The number of methoxy groups -OCH3 is 1. The van der Waals surface area contributed by atoms with Crippen LogP contribution in [0.1, 0.15) is 31.8 Å². The lowest BCUT2D eigenvalue weighted by Crippen LogP contribution is -2.11. The van der Waals surface area contributed by atoms with E-state index >= 15 is 0 Å². The summed E-state index contributed by atoms with van der Waals surface area (Å²) in [5.41, 5.74) is 1.78. The minimum Gasteiger partial charge on any atom is -0.496 e. The highest BCUT2D eigenvalue weighted by molar-refractivity contribution is 5.97. The van der Waals surface area contributed by atoms with Crippen molar-refractivity contribution in [3.8, 4) is 28.7 Å². The second-order valence-corrected chi connectivity index (χ2v) is 7.44. The molecule has 3 aromatic carbocycles. The lowest BCUT2D eigenvalue weighted by Gasteiger charge is -2.11. The highest BCUT2D eigenvalue weighted by atomic mass is 16.7. The van der Waals surface area contributed by atoms with Gasteiger partial charge in [0.15, 0.2) is 23.0 Å². The van der Waals surface area contributed by atoms with Crippen LogP contribution in [0.4, 0.5) is 0 Å². The van der Waals surface area contributed by atoms with E-state index in [9.17, 15) is 9.59 Å². The Labute approximate surface area is 194 Å². The average molecular weight is 464 g/mol. The van der Waals surface area contributed by atoms with Crippen molar-refractivity contribution in [2.75, 3.05) is 20.7 Å². The molecule has 0 spiro atoms. The van der Waals surface area contributed by atoms with Crippen LogP contribution in [0.25, 0.3) is 0 Å². The summed E-state index contributed by atoms with van der Waals surface area (Å²) in [6, 6.07) is 15.0. The van der Waals surface area contributed by atoms with Gasteiger partial charge in [-0.05, 0) is 53.6 Å². The number of carbonyl (C=O) groups excluding carboxylic acids is 2. The molecule has 3 aromatic rings. The smallest absolute Gasteiger partial charge is 0.342 e. The van der Waals surface area contributed by atoms with E-state index in [0.29, 0.717) is 23.0 Å². The van der Waals surface area contributed by atoms with Gasteiger partial charge in [0.1, 0.15) is 24.5 Å². The van der Waals surface area contributed by atoms with E-state index < -0.39 is 11.9 Å². The Morgan fingerprint density at radius 2 is 1.26 bits per heavy atom. The summed E-state index contributed by atoms with van der Waals surface area (Å²) in [4.78, 5) is 25.4. The maximum absolute atomic E-state index is 12.8. The Morgan fingerprint density at radius 1 is 0.706 bits per heavy atom. The van der Waals surface area contributed by atoms with Crippen LogP contribution in [-0.2, 0) is 22.7 Å². The van der Waals surface area contributed by atoms with Gasteiger partial charge in [-0.2, -0.15) is 0 Å². The zero-order valence-electron chi connectivity index (χ0n) is 18.2. The number of fused-ring (bicyclic) bond motifs is 2. The molecule has 0 fully saturated rings. The molecule has 0 aromatic heterocycles. The fraction of sp³-hybridized carbons (Fsp3) is 0.200. The highest BCUT2D eigenvalue weighted by Crippen LogP contribution is 2.34. The van der Waals surface area contributed by atoms with E-state index in [-0.39, 0.29) is 43.7 Å². The summed E-state index contributed by atoms with van der Waals surface area (Å²) in [5, 5.41) is 0. The van der Waals surface area contributed by atoms with Gasteiger partial charge in [0.25, 0.3) is 0 Å². The second-order valence-electron chi connectivity index (χ2n) is 7.44. The highest BCUT2D eigenvalue weighted by Gasteiger charge is 2.20. The molecule has 34 heavy (non-hydrogen) atoms. The molecule has 0 atom stereocenters. The predicted octanol–water partition coefficient (Wildman–Crippen LogP) is 3.87. The molecular formula is C25H20O9. The summed E-state index contributed by atoms with van der Waals surface area (Å²) in [5.74, 6) is 1.54. The van der Waals surface area contributed by atoms with Crippen molar-refractivity contribution in [2.45, 2.75) is 13.2 Å².